The van der Waals surface area contributed by atoms with Crippen LogP contribution in [-0.2, 0) is 0 Å². The highest BCUT2D eigenvalue weighted by molar-refractivity contribution is 6.40. The zero-order chi connectivity index (χ0) is 59.5. The fourth-order valence-electron chi connectivity index (χ4n) is 17.2. The molecule has 0 amide bonds. The third-order valence-corrected chi connectivity index (χ3v) is 20.7. The Bertz CT molecular complexity index is 7270. The van der Waals surface area contributed by atoms with Crippen LogP contribution < -0.4 is 0 Å². The van der Waals surface area contributed by atoms with Crippen molar-refractivity contribution in [2.45, 2.75) is 0 Å². The van der Waals surface area contributed by atoms with E-state index in [1.165, 1.54) is 87.0 Å². The highest BCUT2D eigenvalue weighted by Gasteiger charge is 2.32. The second-order valence-corrected chi connectivity index (χ2v) is 25.0. The molecule has 1 aliphatic rings. The van der Waals surface area contributed by atoms with E-state index < -0.39 is 0 Å². The maximum atomic E-state index is 10.4. The molecule has 418 valence electrons. The minimum absolute atomic E-state index is 0.128. The van der Waals surface area contributed by atoms with Gasteiger partial charge in [0, 0.05) is 108 Å². The molecule has 0 fully saturated rings. The molecule has 0 saturated carbocycles. The summed E-state index contributed by atoms with van der Waals surface area (Å²) >= 11 is 0. The number of hydrogen-bond acceptors (Lipinski definition) is 5. The van der Waals surface area contributed by atoms with E-state index in [9.17, 15) is 5.26 Å². The van der Waals surface area contributed by atoms with Crippen LogP contribution in [0.5, 0.6) is 0 Å². The van der Waals surface area contributed by atoms with Crippen molar-refractivity contribution in [2.24, 2.45) is 0 Å². The van der Waals surface area contributed by atoms with Gasteiger partial charge in [-0.05, 0) is 83.1 Å². The lowest BCUT2D eigenvalue weighted by molar-refractivity contribution is 1.05. The second kappa shape index (κ2) is 16.5. The summed E-state index contributed by atoms with van der Waals surface area (Å²) in [6.07, 6.45) is 0. The van der Waals surface area contributed by atoms with E-state index in [1.807, 2.05) is 18.2 Å². The Morgan fingerprint density at radius 2 is 0.815 bits per heavy atom. The Morgan fingerprint density at radius 3 is 1.53 bits per heavy atom. The van der Waals surface area contributed by atoms with Gasteiger partial charge < -0.3 is 13.4 Å². The SMILES string of the molecule is N#Cc1nc(-n2c3cc4c5ccccc5n5c6c(-c7ccc8nc9c(nc8c7)-c7ccc(-n8c%10cc%11c%12ccccc%12n%12c%13ccccc%13c(c%10c%10ccc%13ccccc%13c%108)c%11%12)c8cccc-9c78)cccc6c(c3c3ccc6ccccc6c32)c45)c2ccccc2n1. The maximum Gasteiger partial charge on any atom is 0.234 e. The van der Waals surface area contributed by atoms with Gasteiger partial charge in [0.25, 0.3) is 0 Å². The minimum Gasteiger partial charge on any atom is -0.308 e. The van der Waals surface area contributed by atoms with Crippen LogP contribution in [0, 0.1) is 11.3 Å². The van der Waals surface area contributed by atoms with E-state index in [0.717, 1.165) is 126 Å². The van der Waals surface area contributed by atoms with E-state index >= 15 is 0 Å². The Kier molecular flexibility index (Phi) is 8.48. The van der Waals surface area contributed by atoms with Crippen LogP contribution in [0.1, 0.15) is 5.82 Å². The molecule has 0 aliphatic heterocycles. The van der Waals surface area contributed by atoms with Crippen LogP contribution in [0.25, 0.3) is 219 Å². The fourth-order valence-corrected chi connectivity index (χ4v) is 17.2. The van der Waals surface area contributed by atoms with Crippen molar-refractivity contribution in [3.8, 4) is 51.2 Å². The van der Waals surface area contributed by atoms with Crippen molar-refractivity contribution in [3.63, 3.8) is 0 Å². The first-order chi connectivity index (χ1) is 45.6. The van der Waals surface area contributed by atoms with Crippen LogP contribution in [-0.4, -0.2) is 37.9 Å². The van der Waals surface area contributed by atoms with Crippen molar-refractivity contribution in [2.75, 3.05) is 0 Å². The van der Waals surface area contributed by atoms with Gasteiger partial charge in [0.05, 0.1) is 88.8 Å². The van der Waals surface area contributed by atoms with Gasteiger partial charge in [-0.3, -0.25) is 4.57 Å². The summed E-state index contributed by atoms with van der Waals surface area (Å²) in [6, 6.07) is 93.2. The van der Waals surface area contributed by atoms with Crippen molar-refractivity contribution in [3.05, 3.63) is 255 Å². The number of nitrogens with zero attached hydrogens (tertiary/aromatic N) is 9. The molecule has 92 heavy (non-hydrogen) atoms. The highest BCUT2D eigenvalue weighted by atomic mass is 15.1. The van der Waals surface area contributed by atoms with E-state index in [0.29, 0.717) is 5.82 Å². The van der Waals surface area contributed by atoms with Gasteiger partial charge in [0.2, 0.25) is 5.82 Å². The summed E-state index contributed by atoms with van der Waals surface area (Å²) in [6.45, 7) is 0. The average molecular weight is 1160 g/mol. The minimum atomic E-state index is 0.128. The van der Waals surface area contributed by atoms with Crippen LogP contribution in [0.4, 0.5) is 0 Å². The normalized spacial score (nSPS) is 12.8. The molecule has 8 aromatic heterocycles. The van der Waals surface area contributed by atoms with Gasteiger partial charge in [-0.2, -0.15) is 5.26 Å². The predicted octanol–water partition coefficient (Wildman–Crippen LogP) is 20.7. The van der Waals surface area contributed by atoms with Gasteiger partial charge in [-0.1, -0.05) is 182 Å². The number of aromatic nitrogens is 8. The largest absolute Gasteiger partial charge is 0.308 e. The quantitative estimate of drug-likeness (QED) is 0.176. The van der Waals surface area contributed by atoms with E-state index in [2.05, 4.69) is 255 Å². The molecule has 14 aromatic carbocycles. The Balaban J connectivity index is 0.757. The Morgan fingerprint density at radius 1 is 0.283 bits per heavy atom. The lowest BCUT2D eigenvalue weighted by Crippen LogP contribution is -2.03. The molecule has 0 atom stereocenters. The third kappa shape index (κ3) is 5.59. The van der Waals surface area contributed by atoms with Crippen molar-refractivity contribution >= 4 is 174 Å². The first-order valence-corrected chi connectivity index (χ1v) is 31.3. The summed E-state index contributed by atoms with van der Waals surface area (Å²) in [5.41, 5.74) is 21.3. The molecule has 0 unspecified atom stereocenters. The molecule has 0 spiro atoms. The van der Waals surface area contributed by atoms with Crippen LogP contribution in [0.2, 0.25) is 0 Å². The topological polar surface area (TPSA) is 94.0 Å². The zero-order valence-electron chi connectivity index (χ0n) is 48.7. The van der Waals surface area contributed by atoms with Gasteiger partial charge in [-0.15, -0.1) is 0 Å². The van der Waals surface area contributed by atoms with Crippen LogP contribution >= 0.6 is 0 Å². The van der Waals surface area contributed by atoms with E-state index in [-0.39, 0.29) is 5.82 Å². The monoisotopic (exact) mass is 1160 g/mol. The molecule has 0 saturated heterocycles. The second-order valence-electron chi connectivity index (χ2n) is 25.0. The van der Waals surface area contributed by atoms with Crippen molar-refractivity contribution in [1.82, 2.24) is 37.9 Å². The summed E-state index contributed by atoms with van der Waals surface area (Å²) < 4.78 is 9.87. The van der Waals surface area contributed by atoms with Crippen molar-refractivity contribution in [1.29, 1.82) is 5.26 Å². The average Bonchev–Trinajstić information content (AvgIpc) is 1.52. The number of rotatable bonds is 3. The maximum absolute atomic E-state index is 10.4. The molecule has 8 heterocycles. The van der Waals surface area contributed by atoms with Gasteiger partial charge >= 0.3 is 0 Å². The predicted molar refractivity (Wildman–Crippen MR) is 378 cm³/mol. The molecule has 9 nitrogen and oxygen atoms in total. The summed E-state index contributed by atoms with van der Waals surface area (Å²) in [4.78, 5) is 21.0. The number of nitriles is 1. The number of fused-ring (bicyclic) bond motifs is 29. The Hall–Kier alpha value is -12.8. The van der Waals surface area contributed by atoms with Crippen molar-refractivity contribution < 1.29 is 0 Å². The summed E-state index contributed by atoms with van der Waals surface area (Å²) in [5, 5.41) is 32.7. The van der Waals surface area contributed by atoms with Gasteiger partial charge in [-0.25, -0.2) is 19.9 Å². The lowest BCUT2D eigenvalue weighted by Gasteiger charge is -2.14. The van der Waals surface area contributed by atoms with E-state index in [4.69, 9.17) is 19.9 Å². The molecule has 1 aliphatic carbocycles. The smallest absolute Gasteiger partial charge is 0.234 e. The van der Waals surface area contributed by atoms with Gasteiger partial charge in [0.1, 0.15) is 11.9 Å². The lowest BCUT2D eigenvalue weighted by atomic mass is 9.98. The third-order valence-electron chi connectivity index (χ3n) is 20.7. The van der Waals surface area contributed by atoms with Crippen LogP contribution in [0.3, 0.4) is 0 Å². The number of benzene rings is 14. The van der Waals surface area contributed by atoms with E-state index in [1.54, 1.807) is 0 Å². The summed E-state index contributed by atoms with van der Waals surface area (Å²) in [7, 11) is 0. The molecule has 0 radical (unpaired) electrons. The molecular weight excluding hydrogens is 1120 g/mol. The molecule has 9 heteroatoms. The molecule has 22 aromatic rings. The first kappa shape index (κ1) is 47.3. The molecule has 23 rings (SSSR count). The van der Waals surface area contributed by atoms with Gasteiger partial charge in [0.15, 0.2) is 0 Å². The van der Waals surface area contributed by atoms with Crippen LogP contribution in [0.15, 0.2) is 249 Å². The number of hydrogen-bond donors (Lipinski definition) is 0. The zero-order valence-corrected chi connectivity index (χ0v) is 48.7. The number of para-hydroxylation sites is 5. The standard InChI is InChI=1S/C83H41N9/c84-42-70-85-61-27-9-5-21-51(61)83(88-70)92-69-41-60-50-20-7-11-29-65(50)91-79-48(23-13-26-56(79)75(82(60)91)73(69)58-35-32-44-16-2-4-18-47(44)80(58)92)45-33-37-62-63(39-45)87-77-55-36-38-67(52-24-14-25-54(71(52)55)76(77)86-62)90-68-40-59-49-19-6-10-28-64(49)89-66-30-12-8-22-53(66)74(81(59)89)72(68)57-34-31-43-15-1-3-17-46(43)78(57)90/h1-41H. The molecular formula is C83H41N9. The summed E-state index contributed by atoms with van der Waals surface area (Å²) in [5.74, 6) is 0.807. The molecule has 0 bridgehead atoms. The molecule has 0 N–H and O–H groups in total. The fraction of sp³-hybridized carbons (Fsp3) is 0. The highest BCUT2D eigenvalue weighted by Crippen LogP contribution is 2.54. The Labute approximate surface area is 520 Å². The first-order valence-electron chi connectivity index (χ1n) is 31.3.